The average molecular weight is 358 g/mol. The van der Waals surface area contributed by atoms with Gasteiger partial charge in [0.1, 0.15) is 0 Å². The summed E-state index contributed by atoms with van der Waals surface area (Å²) in [7, 11) is 0. The van der Waals surface area contributed by atoms with Crippen molar-refractivity contribution >= 4 is 11.8 Å². The zero-order valence-electron chi connectivity index (χ0n) is 13.5. The van der Waals surface area contributed by atoms with Crippen molar-refractivity contribution in [3.63, 3.8) is 0 Å². The van der Waals surface area contributed by atoms with Gasteiger partial charge in [-0.1, -0.05) is 0 Å². The normalized spacial score (nSPS) is 19.4. The Kier molecular flexibility index (Phi) is 4.96. The maximum atomic E-state index is 13.8. The summed E-state index contributed by atoms with van der Waals surface area (Å²) in [5.74, 6) is -7.98. The summed E-state index contributed by atoms with van der Waals surface area (Å²) >= 11 is 0. The summed E-state index contributed by atoms with van der Waals surface area (Å²) in [6, 6.07) is 0.402. The van der Waals surface area contributed by atoms with Crippen molar-refractivity contribution in [2.24, 2.45) is 0 Å². The number of nitrogens with zero attached hydrogens (tertiary/aromatic N) is 2. The topological polar surface area (TPSA) is 40.6 Å². The number of piperidine rings is 2. The summed E-state index contributed by atoms with van der Waals surface area (Å²) in [4.78, 5) is 27.4. The molecule has 2 aliphatic rings. The number of hydrogen-bond acceptors (Lipinski definition) is 2. The maximum absolute atomic E-state index is 13.8. The van der Waals surface area contributed by atoms with E-state index in [2.05, 4.69) is 0 Å². The van der Waals surface area contributed by atoms with Crippen LogP contribution in [0.15, 0.2) is 6.07 Å². The summed E-state index contributed by atoms with van der Waals surface area (Å²) in [5.41, 5.74) is -0.816. The molecule has 4 nitrogen and oxygen atoms in total. The minimum absolute atomic E-state index is 0.0170. The number of carbonyl (C=O) groups is 2. The second-order valence-electron chi connectivity index (χ2n) is 6.42. The highest BCUT2D eigenvalue weighted by molar-refractivity contribution is 5.94. The number of hydrogen-bond donors (Lipinski definition) is 0. The minimum Gasteiger partial charge on any atom is -0.340 e. The van der Waals surface area contributed by atoms with Gasteiger partial charge in [-0.25, -0.2) is 17.6 Å². The van der Waals surface area contributed by atoms with Crippen LogP contribution in [0.25, 0.3) is 0 Å². The third kappa shape index (κ3) is 3.34. The average Bonchev–Trinajstić information content (AvgIpc) is 2.63. The Morgan fingerprint density at radius 3 is 2.28 bits per heavy atom. The van der Waals surface area contributed by atoms with Gasteiger partial charge in [0.2, 0.25) is 5.91 Å². The molecule has 0 radical (unpaired) electrons. The van der Waals surface area contributed by atoms with E-state index in [1.165, 1.54) is 4.90 Å². The van der Waals surface area contributed by atoms with E-state index in [0.29, 0.717) is 31.9 Å². The van der Waals surface area contributed by atoms with E-state index in [9.17, 15) is 27.2 Å². The monoisotopic (exact) mass is 358 g/mol. The predicted octanol–water partition coefficient (Wildman–Crippen LogP) is 2.86. The highest BCUT2D eigenvalue weighted by atomic mass is 19.2. The van der Waals surface area contributed by atoms with E-state index in [4.69, 9.17) is 0 Å². The van der Waals surface area contributed by atoms with Gasteiger partial charge in [0, 0.05) is 32.1 Å². The first-order valence-electron chi connectivity index (χ1n) is 8.32. The molecule has 1 aromatic carbocycles. The third-order valence-corrected chi connectivity index (χ3v) is 4.89. The molecule has 0 aromatic heterocycles. The lowest BCUT2D eigenvalue weighted by molar-refractivity contribution is -0.136. The van der Waals surface area contributed by atoms with Crippen LogP contribution in [0.3, 0.4) is 0 Å². The van der Waals surface area contributed by atoms with Crippen LogP contribution in [0.5, 0.6) is 0 Å². The van der Waals surface area contributed by atoms with E-state index >= 15 is 0 Å². The van der Waals surface area contributed by atoms with Crippen LogP contribution >= 0.6 is 0 Å². The summed E-state index contributed by atoms with van der Waals surface area (Å²) in [5, 5.41) is 0. The standard InChI is InChI=1S/C17H18F4N2O2/c18-12-9-11(14(19)16(21)15(12)20)17(25)22-7-4-10(5-8-22)23-6-2-1-3-13(23)24/h9-10H,1-8H2. The highest BCUT2D eigenvalue weighted by Gasteiger charge is 2.32. The SMILES string of the molecule is O=C(c1cc(F)c(F)c(F)c1F)N1CCC(N2CCCCC2=O)CC1. The van der Waals surface area contributed by atoms with Crippen LogP contribution in [0, 0.1) is 23.3 Å². The van der Waals surface area contributed by atoms with Gasteiger partial charge in [-0.3, -0.25) is 9.59 Å². The molecule has 1 aromatic rings. The van der Waals surface area contributed by atoms with Gasteiger partial charge in [-0.15, -0.1) is 0 Å². The van der Waals surface area contributed by atoms with Crippen molar-refractivity contribution in [3.8, 4) is 0 Å². The van der Waals surface area contributed by atoms with Gasteiger partial charge < -0.3 is 9.80 Å². The second kappa shape index (κ2) is 7.01. The lowest BCUT2D eigenvalue weighted by Crippen LogP contribution is -2.50. The fraction of sp³-hybridized carbons (Fsp3) is 0.529. The van der Waals surface area contributed by atoms with Gasteiger partial charge >= 0.3 is 0 Å². The molecule has 2 aliphatic heterocycles. The molecule has 0 spiro atoms. The fourth-order valence-corrected chi connectivity index (χ4v) is 3.49. The summed E-state index contributed by atoms with van der Waals surface area (Å²) in [6.45, 7) is 1.18. The van der Waals surface area contributed by atoms with E-state index in [0.717, 1.165) is 12.8 Å². The van der Waals surface area contributed by atoms with Gasteiger partial charge in [-0.05, 0) is 31.7 Å². The Morgan fingerprint density at radius 2 is 1.64 bits per heavy atom. The smallest absolute Gasteiger partial charge is 0.257 e. The molecular formula is C17H18F4N2O2. The molecule has 0 atom stereocenters. The fourth-order valence-electron chi connectivity index (χ4n) is 3.49. The van der Waals surface area contributed by atoms with Crippen LogP contribution in [-0.4, -0.2) is 47.3 Å². The number of rotatable bonds is 2. The molecular weight excluding hydrogens is 340 g/mol. The van der Waals surface area contributed by atoms with Crippen LogP contribution in [0.1, 0.15) is 42.5 Å². The molecule has 2 amide bonds. The molecule has 3 rings (SSSR count). The molecule has 0 saturated carbocycles. The van der Waals surface area contributed by atoms with Crippen LogP contribution in [0.4, 0.5) is 17.6 Å². The van der Waals surface area contributed by atoms with Crippen molar-refractivity contribution in [2.75, 3.05) is 19.6 Å². The van der Waals surface area contributed by atoms with Crippen LogP contribution in [-0.2, 0) is 4.79 Å². The summed E-state index contributed by atoms with van der Waals surface area (Å²) in [6.07, 6.45) is 3.40. The molecule has 0 N–H and O–H groups in total. The highest BCUT2D eigenvalue weighted by Crippen LogP contribution is 2.25. The predicted molar refractivity (Wildman–Crippen MR) is 80.8 cm³/mol. The number of amides is 2. The molecule has 8 heteroatoms. The number of halogens is 4. The van der Waals surface area contributed by atoms with Gasteiger partial charge in [0.25, 0.3) is 5.91 Å². The van der Waals surface area contributed by atoms with E-state index in [-0.39, 0.29) is 25.0 Å². The van der Waals surface area contributed by atoms with Crippen LogP contribution in [0.2, 0.25) is 0 Å². The van der Waals surface area contributed by atoms with Crippen molar-refractivity contribution in [1.29, 1.82) is 0 Å². The Bertz CT molecular complexity index is 702. The van der Waals surface area contributed by atoms with Crippen LogP contribution < -0.4 is 0 Å². The Balaban J connectivity index is 1.69. The lowest BCUT2D eigenvalue weighted by atomic mass is 9.99. The van der Waals surface area contributed by atoms with Crippen molar-refractivity contribution in [3.05, 3.63) is 34.9 Å². The first-order chi connectivity index (χ1) is 11.9. The largest absolute Gasteiger partial charge is 0.340 e. The van der Waals surface area contributed by atoms with E-state index in [1.807, 2.05) is 4.90 Å². The first-order valence-corrected chi connectivity index (χ1v) is 8.32. The quantitative estimate of drug-likeness (QED) is 0.463. The zero-order valence-corrected chi connectivity index (χ0v) is 13.5. The molecule has 25 heavy (non-hydrogen) atoms. The summed E-state index contributed by atoms with van der Waals surface area (Å²) < 4.78 is 53.4. The molecule has 2 fully saturated rings. The zero-order chi connectivity index (χ0) is 18.1. The van der Waals surface area contributed by atoms with E-state index in [1.54, 1.807) is 0 Å². The van der Waals surface area contributed by atoms with Crippen molar-refractivity contribution in [1.82, 2.24) is 9.80 Å². The third-order valence-electron chi connectivity index (χ3n) is 4.89. The Hall–Kier alpha value is -2.12. The van der Waals surface area contributed by atoms with Gasteiger partial charge in [0.05, 0.1) is 5.56 Å². The molecule has 0 aliphatic carbocycles. The number of carbonyl (C=O) groups excluding carboxylic acids is 2. The Labute approximate surface area is 142 Å². The molecule has 2 heterocycles. The number of likely N-dealkylation sites (tertiary alicyclic amines) is 2. The lowest BCUT2D eigenvalue weighted by Gasteiger charge is -2.40. The number of benzene rings is 1. The van der Waals surface area contributed by atoms with Gasteiger partial charge in [0.15, 0.2) is 23.3 Å². The molecule has 0 bridgehead atoms. The first kappa shape index (κ1) is 17.7. The maximum Gasteiger partial charge on any atom is 0.257 e. The second-order valence-corrected chi connectivity index (χ2v) is 6.42. The molecule has 0 unspecified atom stereocenters. The van der Waals surface area contributed by atoms with E-state index < -0.39 is 34.7 Å². The molecule has 2 saturated heterocycles. The minimum atomic E-state index is -1.99. The molecule has 136 valence electrons. The van der Waals surface area contributed by atoms with Crippen molar-refractivity contribution < 1.29 is 27.2 Å². The van der Waals surface area contributed by atoms with Crippen molar-refractivity contribution in [2.45, 2.75) is 38.1 Å². The Morgan fingerprint density at radius 1 is 0.960 bits per heavy atom. The van der Waals surface area contributed by atoms with Gasteiger partial charge in [-0.2, -0.15) is 0 Å².